The molecule has 0 aliphatic rings. The van der Waals surface area contributed by atoms with E-state index in [1.54, 1.807) is 6.20 Å². The van der Waals surface area contributed by atoms with Gasteiger partial charge in [-0.1, -0.05) is 34.3 Å². The quantitative estimate of drug-likeness (QED) is 0.555. The van der Waals surface area contributed by atoms with E-state index < -0.39 is 0 Å². The van der Waals surface area contributed by atoms with Crippen molar-refractivity contribution < 1.29 is 0 Å². The molecule has 0 N–H and O–H groups in total. The van der Waals surface area contributed by atoms with Crippen molar-refractivity contribution >= 4 is 0 Å². The molecule has 0 aliphatic heterocycles. The van der Waals surface area contributed by atoms with Crippen LogP contribution >= 0.6 is 0 Å². The molecule has 0 aromatic carbocycles. The predicted octanol–water partition coefficient (Wildman–Crippen LogP) is 3.02. The predicted molar refractivity (Wildman–Crippen MR) is 49.7 cm³/mol. The second-order valence-electron chi connectivity index (χ2n) is 3.49. The molecule has 1 rings (SSSR count). The highest BCUT2D eigenvalue weighted by molar-refractivity contribution is 5.17. The first kappa shape index (κ1) is 10.2. The number of aromatic nitrogens is 1. The van der Waals surface area contributed by atoms with Gasteiger partial charge in [0.1, 0.15) is 0 Å². The minimum Gasteiger partial charge on any atom is -0.264 e. The van der Waals surface area contributed by atoms with Crippen LogP contribution in [0.4, 0.5) is 0 Å². The molecule has 0 amide bonds. The Morgan fingerprint density at radius 2 is 1.91 bits per heavy atom. The normalized spacial score (nSPS) is 10.5. The second-order valence-corrected chi connectivity index (χ2v) is 3.49. The van der Waals surface area contributed by atoms with Gasteiger partial charge < -0.3 is 0 Å². The van der Waals surface area contributed by atoms with Crippen molar-refractivity contribution in [1.82, 2.24) is 4.98 Å². The fourth-order valence-electron chi connectivity index (χ4n) is 0.806. The lowest BCUT2D eigenvalue weighted by atomic mass is 9.88. The zero-order chi connectivity index (χ0) is 7.61. The van der Waals surface area contributed by atoms with Gasteiger partial charge in [-0.3, -0.25) is 4.98 Å². The van der Waals surface area contributed by atoms with Crippen LogP contribution in [0.1, 0.15) is 33.8 Å². The van der Waals surface area contributed by atoms with Crippen LogP contribution in [0.3, 0.4) is 0 Å². The van der Waals surface area contributed by atoms with Crippen LogP contribution in [-0.4, -0.2) is 4.98 Å². The summed E-state index contributed by atoms with van der Waals surface area (Å²) in [4.78, 5) is 4.05. The Hall–Kier alpha value is -0.850. The van der Waals surface area contributed by atoms with Crippen LogP contribution < -0.4 is 0 Å². The monoisotopic (exact) mass is 151 g/mol. The minimum absolute atomic E-state index is 0. The fourth-order valence-corrected chi connectivity index (χ4v) is 0.806. The van der Waals surface area contributed by atoms with E-state index in [-0.39, 0.29) is 12.8 Å². The van der Waals surface area contributed by atoms with Crippen LogP contribution in [0.15, 0.2) is 24.5 Å². The molecule has 0 aliphatic carbocycles. The SMILES string of the molecule is C.CC(C)(C)c1cccnc1. The summed E-state index contributed by atoms with van der Waals surface area (Å²) in [6, 6.07) is 4.08. The summed E-state index contributed by atoms with van der Waals surface area (Å²) in [5.41, 5.74) is 1.52. The minimum atomic E-state index is 0. The van der Waals surface area contributed by atoms with Crippen molar-refractivity contribution in [3.05, 3.63) is 30.1 Å². The molecule has 1 heteroatoms. The highest BCUT2D eigenvalue weighted by Gasteiger charge is 2.11. The van der Waals surface area contributed by atoms with E-state index in [9.17, 15) is 0 Å². The maximum absolute atomic E-state index is 4.05. The largest absolute Gasteiger partial charge is 0.264 e. The van der Waals surface area contributed by atoms with Gasteiger partial charge in [-0.2, -0.15) is 0 Å². The van der Waals surface area contributed by atoms with E-state index in [1.807, 2.05) is 12.3 Å². The molecule has 0 spiro atoms. The molecule has 0 atom stereocenters. The average molecular weight is 151 g/mol. The second kappa shape index (κ2) is 3.51. The van der Waals surface area contributed by atoms with Crippen molar-refractivity contribution in [2.75, 3.05) is 0 Å². The molecule has 0 unspecified atom stereocenters. The number of nitrogens with zero attached hydrogens (tertiary/aromatic N) is 1. The average Bonchev–Trinajstić information content (AvgIpc) is 1.88. The standard InChI is InChI=1S/C9H13N.CH4/c1-9(2,3)8-5-4-6-10-7-8;/h4-7H,1-3H3;1H4. The lowest BCUT2D eigenvalue weighted by molar-refractivity contribution is 0.587. The Morgan fingerprint density at radius 1 is 1.27 bits per heavy atom. The van der Waals surface area contributed by atoms with Gasteiger partial charge in [0, 0.05) is 12.4 Å². The zero-order valence-electron chi connectivity index (χ0n) is 6.76. The molecule has 1 aromatic rings. The van der Waals surface area contributed by atoms with Crippen LogP contribution in [0, 0.1) is 0 Å². The Labute approximate surface area is 69.5 Å². The molecular formula is C10H17N. The molecule has 1 heterocycles. The third-order valence-corrected chi connectivity index (χ3v) is 1.53. The summed E-state index contributed by atoms with van der Waals surface area (Å²) in [6.07, 6.45) is 3.72. The van der Waals surface area contributed by atoms with E-state index in [0.717, 1.165) is 0 Å². The lowest BCUT2D eigenvalue weighted by Crippen LogP contribution is -2.10. The molecule has 0 fully saturated rings. The fraction of sp³-hybridized carbons (Fsp3) is 0.500. The highest BCUT2D eigenvalue weighted by atomic mass is 14.6. The van der Waals surface area contributed by atoms with Crippen LogP contribution in [0.25, 0.3) is 0 Å². The summed E-state index contributed by atoms with van der Waals surface area (Å²) in [5.74, 6) is 0. The van der Waals surface area contributed by atoms with Gasteiger partial charge in [0.05, 0.1) is 0 Å². The first-order chi connectivity index (χ1) is 4.61. The van der Waals surface area contributed by atoms with Gasteiger partial charge in [-0.25, -0.2) is 0 Å². The summed E-state index contributed by atoms with van der Waals surface area (Å²) < 4.78 is 0. The van der Waals surface area contributed by atoms with Gasteiger partial charge in [-0.05, 0) is 17.0 Å². The third kappa shape index (κ3) is 2.71. The van der Waals surface area contributed by atoms with Gasteiger partial charge in [0.2, 0.25) is 0 Å². The molecule has 0 saturated heterocycles. The summed E-state index contributed by atoms with van der Waals surface area (Å²) in [6.45, 7) is 6.55. The smallest absolute Gasteiger partial charge is 0.0305 e. The maximum atomic E-state index is 4.05. The van der Waals surface area contributed by atoms with Gasteiger partial charge in [0.25, 0.3) is 0 Å². The van der Waals surface area contributed by atoms with E-state index >= 15 is 0 Å². The van der Waals surface area contributed by atoms with Crippen LogP contribution in [0.2, 0.25) is 0 Å². The molecule has 62 valence electrons. The van der Waals surface area contributed by atoms with Gasteiger partial charge in [-0.15, -0.1) is 0 Å². The Morgan fingerprint density at radius 3 is 2.18 bits per heavy atom. The van der Waals surface area contributed by atoms with Crippen molar-refractivity contribution in [3.8, 4) is 0 Å². The first-order valence-electron chi connectivity index (χ1n) is 3.51. The summed E-state index contributed by atoms with van der Waals surface area (Å²) in [5, 5.41) is 0. The van der Waals surface area contributed by atoms with Crippen molar-refractivity contribution in [2.24, 2.45) is 0 Å². The van der Waals surface area contributed by atoms with E-state index in [0.29, 0.717) is 0 Å². The lowest BCUT2D eigenvalue weighted by Gasteiger charge is -2.17. The number of rotatable bonds is 0. The Kier molecular flexibility index (Phi) is 3.24. The van der Waals surface area contributed by atoms with E-state index in [2.05, 4.69) is 31.8 Å². The van der Waals surface area contributed by atoms with Crippen LogP contribution in [-0.2, 0) is 5.41 Å². The maximum Gasteiger partial charge on any atom is 0.0305 e. The van der Waals surface area contributed by atoms with Crippen molar-refractivity contribution in [2.45, 2.75) is 33.6 Å². The summed E-state index contributed by atoms with van der Waals surface area (Å²) >= 11 is 0. The number of hydrogen-bond donors (Lipinski definition) is 0. The Bertz CT molecular complexity index is 196. The number of pyridine rings is 1. The highest BCUT2D eigenvalue weighted by Crippen LogP contribution is 2.19. The molecule has 1 nitrogen and oxygen atoms in total. The van der Waals surface area contributed by atoms with Crippen LogP contribution in [0.5, 0.6) is 0 Å². The number of hydrogen-bond acceptors (Lipinski definition) is 1. The van der Waals surface area contributed by atoms with Gasteiger partial charge in [0.15, 0.2) is 0 Å². The molecular weight excluding hydrogens is 134 g/mol. The molecule has 1 aromatic heterocycles. The molecule has 0 radical (unpaired) electrons. The first-order valence-corrected chi connectivity index (χ1v) is 3.51. The van der Waals surface area contributed by atoms with Gasteiger partial charge >= 0.3 is 0 Å². The zero-order valence-corrected chi connectivity index (χ0v) is 6.76. The Balaban J connectivity index is 0.000001000. The molecule has 0 saturated carbocycles. The van der Waals surface area contributed by atoms with Crippen molar-refractivity contribution in [3.63, 3.8) is 0 Å². The van der Waals surface area contributed by atoms with E-state index in [1.165, 1.54) is 5.56 Å². The molecule has 11 heavy (non-hydrogen) atoms. The summed E-state index contributed by atoms with van der Waals surface area (Å²) in [7, 11) is 0. The van der Waals surface area contributed by atoms with E-state index in [4.69, 9.17) is 0 Å². The van der Waals surface area contributed by atoms with Crippen molar-refractivity contribution in [1.29, 1.82) is 0 Å². The molecule has 0 bridgehead atoms. The topological polar surface area (TPSA) is 12.9 Å². The third-order valence-electron chi connectivity index (χ3n) is 1.53.